The number of likely N-dealkylation sites (tertiary alicyclic amines) is 1. The van der Waals surface area contributed by atoms with Crippen molar-refractivity contribution in [1.82, 2.24) is 45.0 Å². The molecule has 3 aromatic heterocycles. The van der Waals surface area contributed by atoms with Crippen LogP contribution >= 0.6 is 11.3 Å². The minimum absolute atomic E-state index is 0.0685. The molecule has 5 amide bonds. The molecule has 4 aromatic rings. The predicted octanol–water partition coefficient (Wildman–Crippen LogP) is 6.39. The van der Waals surface area contributed by atoms with E-state index in [2.05, 4.69) is 66.9 Å². The van der Waals surface area contributed by atoms with Crippen LogP contribution in [-0.4, -0.2) is 135 Å². The summed E-state index contributed by atoms with van der Waals surface area (Å²) in [5.74, 6) is -1.94. The number of benzene rings is 1. The number of pyridine rings is 1. The summed E-state index contributed by atoms with van der Waals surface area (Å²) >= 11 is 1.40. The number of thiazole rings is 1. The van der Waals surface area contributed by atoms with Crippen molar-refractivity contribution in [3.8, 4) is 22.5 Å². The molecule has 0 saturated carbocycles. The second-order valence-electron chi connectivity index (χ2n) is 19.4. The van der Waals surface area contributed by atoms with Gasteiger partial charge in [0, 0.05) is 92.3 Å². The number of fused-ring (bicyclic) bond motifs is 6. The van der Waals surface area contributed by atoms with Crippen LogP contribution in [0.3, 0.4) is 0 Å². The Bertz CT molecular complexity index is 2520. The van der Waals surface area contributed by atoms with E-state index in [1.54, 1.807) is 37.2 Å². The third kappa shape index (κ3) is 10.1. The number of cyclic esters (lactones) is 1. The largest absolute Gasteiger partial charge is 0.464 e. The highest BCUT2D eigenvalue weighted by Gasteiger charge is 2.42. The van der Waals surface area contributed by atoms with Crippen LogP contribution in [0.4, 0.5) is 4.79 Å². The molecule has 0 aliphatic carbocycles. The Morgan fingerprint density at radius 1 is 1.16 bits per heavy atom. The molecule has 0 radical (unpaired) electrons. The second-order valence-corrected chi connectivity index (χ2v) is 20.3. The molecule has 67 heavy (non-hydrogen) atoms. The molecule has 360 valence electrons. The zero-order valence-electron chi connectivity index (χ0n) is 40.6. The van der Waals surface area contributed by atoms with Crippen molar-refractivity contribution in [1.29, 1.82) is 0 Å². The molecule has 2 N–H and O–H groups in total. The maximum Gasteiger partial charge on any atom is 0.324 e. The summed E-state index contributed by atoms with van der Waals surface area (Å²) in [4.78, 5) is 84.4. The van der Waals surface area contributed by atoms with E-state index in [-0.39, 0.29) is 49.1 Å². The average molecular weight is 938 g/mol. The van der Waals surface area contributed by atoms with Crippen LogP contribution in [0.2, 0.25) is 0 Å². The van der Waals surface area contributed by atoms with E-state index in [1.165, 1.54) is 27.3 Å². The minimum atomic E-state index is -1.09. The minimum Gasteiger partial charge on any atom is -0.464 e. The normalized spacial score (nSPS) is 22.0. The number of hydrazine groups is 1. The molecule has 7 rings (SSSR count). The summed E-state index contributed by atoms with van der Waals surface area (Å²) in [5.41, 5.74) is 9.24. The number of nitrogens with zero attached hydrogens (tertiary/aromatic N) is 7. The number of amides is 5. The number of methoxy groups -OCH3 is 1. The number of likely N-dealkylation sites (N-methyl/N-ethyl adjacent to an activating group) is 2. The highest BCUT2D eigenvalue weighted by Crippen LogP contribution is 2.42. The Balaban J connectivity index is 1.25. The maximum absolute atomic E-state index is 14.7. The van der Waals surface area contributed by atoms with Crippen LogP contribution in [0, 0.1) is 11.3 Å². The number of nitrogens with one attached hydrogen (secondary N) is 2. The van der Waals surface area contributed by atoms with Gasteiger partial charge < -0.3 is 34.1 Å². The van der Waals surface area contributed by atoms with Crippen molar-refractivity contribution in [2.75, 3.05) is 40.9 Å². The third-order valence-electron chi connectivity index (χ3n) is 13.6. The molecule has 1 unspecified atom stereocenters. The van der Waals surface area contributed by atoms with Crippen molar-refractivity contribution >= 4 is 52.0 Å². The fourth-order valence-corrected chi connectivity index (χ4v) is 10.8. The summed E-state index contributed by atoms with van der Waals surface area (Å²) < 4.78 is 14.2. The Kier molecular flexibility index (Phi) is 14.9. The number of carbonyl (C=O) groups is 5. The van der Waals surface area contributed by atoms with Crippen LogP contribution in [-0.2, 0) is 48.0 Å². The van der Waals surface area contributed by atoms with E-state index < -0.39 is 41.3 Å². The van der Waals surface area contributed by atoms with Gasteiger partial charge in [0.1, 0.15) is 18.1 Å². The van der Waals surface area contributed by atoms with Crippen molar-refractivity contribution in [3.63, 3.8) is 0 Å². The Morgan fingerprint density at radius 2 is 1.93 bits per heavy atom. The highest BCUT2D eigenvalue weighted by molar-refractivity contribution is 7.10. The molecule has 6 atom stereocenters. The smallest absolute Gasteiger partial charge is 0.324 e. The fraction of sp³-hybridized carbons (Fsp3) is 0.540. The SMILES string of the molecule is C=CC(=O)N(C)[C@@H]1C[C@H](C)N(C(=O)N(C)C(C(=O)N[C@H]2Cc3nc(cs3)-c3ccc4c(c3)c(c(-c3cccnc3[C@H](C)OC)n4CC)CC(C)(C)COC(=O)[C@@H]3CCCN(N3)C2=O)C(C)C)C1. The molecule has 2 saturated heterocycles. The average Bonchev–Trinajstić information content (AvgIpc) is 4.03. The Morgan fingerprint density at radius 3 is 2.63 bits per heavy atom. The van der Waals surface area contributed by atoms with Crippen LogP contribution in [0.25, 0.3) is 33.4 Å². The van der Waals surface area contributed by atoms with Gasteiger partial charge in [-0.1, -0.05) is 40.3 Å². The van der Waals surface area contributed by atoms with Gasteiger partial charge in [0.2, 0.25) is 11.8 Å². The number of carbonyl (C=O) groups excluding carboxylic acids is 5. The molecule has 6 bridgehead atoms. The van der Waals surface area contributed by atoms with Crippen LogP contribution in [0.15, 0.2) is 54.6 Å². The number of aromatic nitrogens is 3. The van der Waals surface area contributed by atoms with Crippen molar-refractivity contribution in [2.24, 2.45) is 11.3 Å². The summed E-state index contributed by atoms with van der Waals surface area (Å²) in [7, 11) is 4.98. The summed E-state index contributed by atoms with van der Waals surface area (Å²) in [6.07, 6.45) is 5.01. The zero-order valence-corrected chi connectivity index (χ0v) is 41.4. The molecular formula is C50H67N9O7S. The molecule has 1 aromatic carbocycles. The first-order chi connectivity index (χ1) is 31.9. The number of urea groups is 1. The van der Waals surface area contributed by atoms with Crippen LogP contribution in [0.5, 0.6) is 0 Å². The lowest BCUT2D eigenvalue weighted by Crippen LogP contribution is -2.62. The van der Waals surface area contributed by atoms with Gasteiger partial charge in [0.05, 0.1) is 40.8 Å². The molecular weight excluding hydrogens is 871 g/mol. The maximum atomic E-state index is 14.7. The third-order valence-corrected chi connectivity index (χ3v) is 14.5. The first kappa shape index (κ1) is 49.3. The van der Waals surface area contributed by atoms with E-state index in [0.29, 0.717) is 50.3 Å². The van der Waals surface area contributed by atoms with E-state index >= 15 is 0 Å². The fourth-order valence-electron chi connectivity index (χ4n) is 9.94. The van der Waals surface area contributed by atoms with Gasteiger partial charge in [0.25, 0.3) is 5.91 Å². The first-order valence-corrected chi connectivity index (χ1v) is 24.3. The lowest BCUT2D eigenvalue weighted by atomic mass is 9.84. The van der Waals surface area contributed by atoms with Crippen LogP contribution in [0.1, 0.15) is 90.1 Å². The van der Waals surface area contributed by atoms with E-state index in [4.69, 9.17) is 19.4 Å². The van der Waals surface area contributed by atoms with Crippen molar-refractivity contribution in [2.45, 2.75) is 123 Å². The molecule has 3 aliphatic heterocycles. The lowest BCUT2D eigenvalue weighted by Gasteiger charge is -2.37. The Labute approximate surface area is 398 Å². The number of hydrogen-bond donors (Lipinski definition) is 2. The van der Waals surface area contributed by atoms with Gasteiger partial charge in [0.15, 0.2) is 0 Å². The quantitative estimate of drug-likeness (QED) is 0.134. The topological polar surface area (TPSA) is 172 Å². The molecule has 0 spiro atoms. The van der Waals surface area contributed by atoms with Gasteiger partial charge >= 0.3 is 12.0 Å². The number of aryl methyl sites for hydroxylation is 1. The van der Waals surface area contributed by atoms with E-state index in [1.807, 2.05) is 39.1 Å². The lowest BCUT2D eigenvalue weighted by molar-refractivity contribution is -0.155. The zero-order chi connectivity index (χ0) is 48.5. The summed E-state index contributed by atoms with van der Waals surface area (Å²) in [6.45, 7) is 19.0. The molecule has 6 heterocycles. The van der Waals surface area contributed by atoms with Crippen LogP contribution < -0.4 is 10.7 Å². The number of ether oxygens (including phenoxy) is 2. The van der Waals surface area contributed by atoms with Gasteiger partial charge in [-0.15, -0.1) is 11.3 Å². The molecule has 17 heteroatoms. The summed E-state index contributed by atoms with van der Waals surface area (Å²) in [6, 6.07) is 6.83. The molecule has 2 fully saturated rings. The molecule has 3 aliphatic rings. The van der Waals surface area contributed by atoms with Gasteiger partial charge in [-0.2, -0.15) is 0 Å². The second kappa shape index (κ2) is 20.3. The monoisotopic (exact) mass is 937 g/mol. The van der Waals surface area contributed by atoms with Gasteiger partial charge in [-0.05, 0) is 88.3 Å². The standard InChI is InChI=1S/C50H67N9O7S/c1-12-42(60)55(9)33-22-30(5)58(26-33)49(64)56(10)44(29(3)4)46(61)53-38-24-41-52-39(27-67-41)32-18-19-40-35(23-32)36(45(57(40)13-2)34-16-14-20-51-43(34)31(6)65-11)25-50(7,8)28-66-48(63)37-17-15-21-59(54-37)47(38)62/h12,14,16,18-20,23,27,29-31,33,37-38,44,54H,1,13,15,17,21-22,24-26,28H2,2-11H3,(H,53,61)/t30-,31-,33+,37-,38-,44?/m0/s1. The van der Waals surface area contributed by atoms with Crippen molar-refractivity contribution in [3.05, 3.63) is 70.8 Å². The number of rotatable bonds is 10. The van der Waals surface area contributed by atoms with E-state index in [0.717, 1.165) is 44.7 Å². The van der Waals surface area contributed by atoms with Crippen molar-refractivity contribution < 1.29 is 33.4 Å². The van der Waals surface area contributed by atoms with Gasteiger partial charge in [-0.3, -0.25) is 29.2 Å². The molecule has 16 nitrogen and oxygen atoms in total. The predicted molar refractivity (Wildman–Crippen MR) is 259 cm³/mol. The number of hydrogen-bond acceptors (Lipinski definition) is 11. The van der Waals surface area contributed by atoms with Gasteiger partial charge in [-0.25, -0.2) is 15.2 Å². The Hall–Kier alpha value is -5.65. The highest BCUT2D eigenvalue weighted by atomic mass is 32.1. The van der Waals surface area contributed by atoms with E-state index in [9.17, 15) is 24.0 Å². The number of esters is 1. The first-order valence-electron chi connectivity index (χ1n) is 23.4. The summed E-state index contributed by atoms with van der Waals surface area (Å²) in [5, 5.41) is 8.11.